The third-order valence-corrected chi connectivity index (χ3v) is 3.32. The Bertz CT molecular complexity index is 335. The monoisotopic (exact) mass is 227 g/mol. The number of nitrogens with one attached hydrogen (secondary N) is 2. The Balaban J connectivity index is 1.88. The number of rotatable bonds is 5. The van der Waals surface area contributed by atoms with Crippen LogP contribution in [0.5, 0.6) is 0 Å². The molecule has 1 aromatic rings. The molecule has 0 aliphatic carbocycles. The predicted octanol–water partition coefficient (Wildman–Crippen LogP) is 0.0494. The van der Waals surface area contributed by atoms with Crippen molar-refractivity contribution in [2.75, 3.05) is 13.1 Å². The van der Waals surface area contributed by atoms with Crippen molar-refractivity contribution in [2.24, 2.45) is 0 Å². The van der Waals surface area contributed by atoms with E-state index in [2.05, 4.69) is 15.6 Å². The van der Waals surface area contributed by atoms with Crippen molar-refractivity contribution in [3.05, 3.63) is 16.6 Å². The number of aliphatic carboxylic acids is 1. The lowest BCUT2D eigenvalue weighted by molar-refractivity contribution is -0.139. The zero-order valence-electron chi connectivity index (χ0n) is 8.19. The Labute approximate surface area is 91.5 Å². The first kappa shape index (κ1) is 10.5. The molecule has 3 N–H and O–H groups in total. The van der Waals surface area contributed by atoms with Crippen LogP contribution in [0.15, 0.2) is 11.7 Å². The molecule has 2 heterocycles. The van der Waals surface area contributed by atoms with Gasteiger partial charge in [0.25, 0.3) is 0 Å². The second-order valence-corrected chi connectivity index (χ2v) is 4.75. The fourth-order valence-electron chi connectivity index (χ4n) is 1.63. The Hall–Kier alpha value is -0.980. The minimum atomic E-state index is -0.756. The average Bonchev–Trinajstić information content (AvgIpc) is 2.61. The molecule has 1 fully saturated rings. The van der Waals surface area contributed by atoms with Crippen molar-refractivity contribution >= 4 is 17.3 Å². The maximum absolute atomic E-state index is 10.7. The van der Waals surface area contributed by atoms with Gasteiger partial charge in [-0.1, -0.05) is 0 Å². The lowest BCUT2D eigenvalue weighted by atomic mass is 9.88. The van der Waals surface area contributed by atoms with Gasteiger partial charge in [-0.2, -0.15) is 0 Å². The number of hydrogen-bond donors (Lipinski definition) is 3. The minimum absolute atomic E-state index is 0.165. The molecule has 0 amide bonds. The van der Waals surface area contributed by atoms with Crippen LogP contribution in [0, 0.1) is 0 Å². The standard InChI is InChI=1S/C9H13N3O2S/c13-8(14)1-9(4-11-5-9)12-3-7-2-10-6-15-7/h2,6,11-12H,1,3-5H2,(H,13,14). The quantitative estimate of drug-likeness (QED) is 0.663. The predicted molar refractivity (Wildman–Crippen MR) is 56.8 cm³/mol. The second-order valence-electron chi connectivity index (χ2n) is 3.78. The van der Waals surface area contributed by atoms with E-state index >= 15 is 0 Å². The highest BCUT2D eigenvalue weighted by Crippen LogP contribution is 2.17. The third kappa shape index (κ3) is 2.53. The molecule has 0 unspecified atom stereocenters. The summed E-state index contributed by atoms with van der Waals surface area (Å²) in [6.07, 6.45) is 1.97. The van der Waals surface area contributed by atoms with Gasteiger partial charge in [-0.05, 0) is 0 Å². The lowest BCUT2D eigenvalue weighted by Gasteiger charge is -2.42. The summed E-state index contributed by atoms with van der Waals surface area (Å²) in [5, 5.41) is 15.2. The summed E-state index contributed by atoms with van der Waals surface area (Å²) in [5.41, 5.74) is 1.51. The van der Waals surface area contributed by atoms with Crippen molar-refractivity contribution < 1.29 is 9.90 Å². The lowest BCUT2D eigenvalue weighted by Crippen LogP contribution is -2.68. The normalized spacial score (nSPS) is 18.4. The molecule has 15 heavy (non-hydrogen) atoms. The highest BCUT2D eigenvalue weighted by Gasteiger charge is 2.38. The Kier molecular flexibility index (Phi) is 2.99. The van der Waals surface area contributed by atoms with Crippen molar-refractivity contribution in [3.63, 3.8) is 0 Å². The highest BCUT2D eigenvalue weighted by atomic mass is 32.1. The third-order valence-electron chi connectivity index (χ3n) is 2.54. The maximum Gasteiger partial charge on any atom is 0.305 e. The molecule has 1 saturated heterocycles. The van der Waals surface area contributed by atoms with Crippen molar-refractivity contribution in [1.29, 1.82) is 0 Å². The van der Waals surface area contributed by atoms with Crippen molar-refractivity contribution in [3.8, 4) is 0 Å². The van der Waals surface area contributed by atoms with E-state index in [4.69, 9.17) is 5.11 Å². The number of carbonyl (C=O) groups is 1. The summed E-state index contributed by atoms with van der Waals surface area (Å²) in [6, 6.07) is 0. The molecule has 2 rings (SSSR count). The largest absolute Gasteiger partial charge is 0.481 e. The topological polar surface area (TPSA) is 74.2 Å². The number of aromatic nitrogens is 1. The van der Waals surface area contributed by atoms with Gasteiger partial charge in [0, 0.05) is 30.7 Å². The molecule has 0 bridgehead atoms. The van der Waals surface area contributed by atoms with Crippen molar-refractivity contribution in [2.45, 2.75) is 18.5 Å². The highest BCUT2D eigenvalue weighted by molar-refractivity contribution is 7.09. The first-order valence-electron chi connectivity index (χ1n) is 4.75. The molecular weight excluding hydrogens is 214 g/mol. The van der Waals surface area contributed by atoms with Crippen LogP contribution < -0.4 is 10.6 Å². The van der Waals surface area contributed by atoms with E-state index in [9.17, 15) is 4.79 Å². The van der Waals surface area contributed by atoms with Crippen LogP contribution in [0.25, 0.3) is 0 Å². The molecule has 82 valence electrons. The summed E-state index contributed by atoms with van der Waals surface area (Å²) in [6.45, 7) is 2.13. The van der Waals surface area contributed by atoms with Crippen molar-refractivity contribution in [1.82, 2.24) is 15.6 Å². The molecule has 5 nitrogen and oxygen atoms in total. The van der Waals surface area contributed by atoms with Gasteiger partial charge in [0.05, 0.1) is 17.5 Å². The molecule has 0 aromatic carbocycles. The Morgan fingerprint density at radius 3 is 3.00 bits per heavy atom. The molecule has 1 aromatic heterocycles. The van der Waals surface area contributed by atoms with Gasteiger partial charge in [-0.3, -0.25) is 9.78 Å². The first-order chi connectivity index (χ1) is 7.20. The molecule has 0 saturated carbocycles. The van der Waals surface area contributed by atoms with Gasteiger partial charge in [0.15, 0.2) is 0 Å². The molecule has 1 aliphatic rings. The molecular formula is C9H13N3O2S. The molecule has 0 radical (unpaired) electrons. The van der Waals surface area contributed by atoms with Gasteiger partial charge in [-0.15, -0.1) is 11.3 Å². The number of thiazole rings is 1. The second kappa shape index (κ2) is 4.26. The summed E-state index contributed by atoms with van der Waals surface area (Å²) in [4.78, 5) is 15.8. The van der Waals surface area contributed by atoms with Crippen LogP contribution >= 0.6 is 11.3 Å². The van der Waals surface area contributed by atoms with Gasteiger partial charge < -0.3 is 15.7 Å². The van der Waals surface area contributed by atoms with E-state index in [-0.39, 0.29) is 12.0 Å². The summed E-state index contributed by atoms with van der Waals surface area (Å²) in [7, 11) is 0. The van der Waals surface area contributed by atoms with E-state index < -0.39 is 5.97 Å². The Morgan fingerprint density at radius 1 is 1.73 bits per heavy atom. The molecule has 0 spiro atoms. The summed E-state index contributed by atoms with van der Waals surface area (Å²) in [5.74, 6) is -0.756. The minimum Gasteiger partial charge on any atom is -0.481 e. The molecule has 6 heteroatoms. The van der Waals surface area contributed by atoms with Crippen LogP contribution in [0.1, 0.15) is 11.3 Å². The number of hydrogen-bond acceptors (Lipinski definition) is 5. The van der Waals surface area contributed by atoms with Crippen LogP contribution in [-0.2, 0) is 11.3 Å². The van der Waals surface area contributed by atoms with E-state index in [0.29, 0.717) is 6.54 Å². The maximum atomic E-state index is 10.7. The first-order valence-corrected chi connectivity index (χ1v) is 5.63. The van der Waals surface area contributed by atoms with E-state index in [0.717, 1.165) is 18.0 Å². The number of carboxylic acids is 1. The SMILES string of the molecule is O=C(O)CC1(NCc2cncs2)CNC1. The van der Waals surface area contributed by atoms with E-state index in [1.807, 2.05) is 0 Å². The van der Waals surface area contributed by atoms with Gasteiger partial charge in [0.2, 0.25) is 0 Å². The van der Waals surface area contributed by atoms with Crippen LogP contribution in [-0.4, -0.2) is 34.7 Å². The smallest absolute Gasteiger partial charge is 0.305 e. The van der Waals surface area contributed by atoms with Gasteiger partial charge in [0.1, 0.15) is 0 Å². The zero-order chi connectivity index (χ0) is 10.7. The van der Waals surface area contributed by atoms with Gasteiger partial charge >= 0.3 is 5.97 Å². The fraction of sp³-hybridized carbons (Fsp3) is 0.556. The Morgan fingerprint density at radius 2 is 2.53 bits per heavy atom. The number of nitrogens with zero attached hydrogens (tertiary/aromatic N) is 1. The zero-order valence-corrected chi connectivity index (χ0v) is 9.01. The fourth-order valence-corrected chi connectivity index (χ4v) is 2.17. The van der Waals surface area contributed by atoms with Gasteiger partial charge in [-0.25, -0.2) is 0 Å². The van der Waals surface area contributed by atoms with E-state index in [1.54, 1.807) is 23.0 Å². The average molecular weight is 227 g/mol. The number of carboxylic acid groups (broad SMARTS) is 1. The van der Waals surface area contributed by atoms with Crippen LogP contribution in [0.2, 0.25) is 0 Å². The summed E-state index contributed by atoms with van der Waals surface area (Å²) < 4.78 is 0. The summed E-state index contributed by atoms with van der Waals surface area (Å²) >= 11 is 1.58. The molecule has 1 aliphatic heterocycles. The van der Waals surface area contributed by atoms with Crippen LogP contribution in [0.3, 0.4) is 0 Å². The van der Waals surface area contributed by atoms with E-state index in [1.165, 1.54) is 0 Å². The van der Waals surface area contributed by atoms with Crippen LogP contribution in [0.4, 0.5) is 0 Å². The molecule has 0 atom stereocenters.